The van der Waals surface area contributed by atoms with Crippen molar-refractivity contribution >= 4 is 29.0 Å². The van der Waals surface area contributed by atoms with Crippen LogP contribution in [0.15, 0.2) is 65.8 Å². The Kier molecular flexibility index (Phi) is 5.87. The standard InChI is InChI=1S/C25H24Cl2N2O2/c1-25(2,3)16-13-17(15-9-6-5-7-10-15)22(30-4)18(14-16)24-28-23(29-31-24)21-19(26)11-8-12-20(21)27/h5-14,24H,1-4H3,(H,28,29). The zero-order chi connectivity index (χ0) is 22.2. The molecule has 31 heavy (non-hydrogen) atoms. The van der Waals surface area contributed by atoms with Crippen LogP contribution in [0.4, 0.5) is 0 Å². The second-order valence-electron chi connectivity index (χ2n) is 8.43. The van der Waals surface area contributed by atoms with Crippen molar-refractivity contribution in [2.24, 2.45) is 5.16 Å². The maximum absolute atomic E-state index is 6.37. The molecule has 4 rings (SSSR count). The van der Waals surface area contributed by atoms with Gasteiger partial charge in [0, 0.05) is 5.56 Å². The number of nitrogens with zero attached hydrogens (tertiary/aromatic N) is 1. The van der Waals surface area contributed by atoms with Crippen LogP contribution in [-0.2, 0) is 10.3 Å². The molecule has 0 aliphatic carbocycles. The summed E-state index contributed by atoms with van der Waals surface area (Å²) in [5.41, 5.74) is 4.63. The summed E-state index contributed by atoms with van der Waals surface area (Å²) in [6, 6.07) is 19.8. The van der Waals surface area contributed by atoms with Gasteiger partial charge in [-0.2, -0.15) is 0 Å². The number of rotatable bonds is 4. The van der Waals surface area contributed by atoms with Crippen LogP contribution in [0, 0.1) is 0 Å². The highest BCUT2D eigenvalue weighted by atomic mass is 35.5. The first kappa shape index (κ1) is 21.5. The first-order valence-corrected chi connectivity index (χ1v) is 10.8. The predicted molar refractivity (Wildman–Crippen MR) is 127 cm³/mol. The number of benzene rings is 3. The van der Waals surface area contributed by atoms with E-state index in [1.807, 2.05) is 18.2 Å². The van der Waals surface area contributed by atoms with Gasteiger partial charge in [-0.1, -0.05) is 85.5 Å². The highest BCUT2D eigenvalue weighted by molar-refractivity contribution is 6.40. The fourth-order valence-electron chi connectivity index (χ4n) is 3.60. The third kappa shape index (κ3) is 4.23. The van der Waals surface area contributed by atoms with Crippen molar-refractivity contribution in [3.8, 4) is 16.9 Å². The van der Waals surface area contributed by atoms with Gasteiger partial charge in [0.15, 0.2) is 5.84 Å². The lowest BCUT2D eigenvalue weighted by molar-refractivity contribution is 0.0709. The van der Waals surface area contributed by atoms with Gasteiger partial charge in [-0.05, 0) is 40.8 Å². The molecule has 0 bridgehead atoms. The zero-order valence-corrected chi connectivity index (χ0v) is 19.4. The molecule has 0 radical (unpaired) electrons. The van der Waals surface area contributed by atoms with Gasteiger partial charge in [-0.15, -0.1) is 0 Å². The van der Waals surface area contributed by atoms with Gasteiger partial charge in [0.2, 0.25) is 6.23 Å². The Hall–Kier alpha value is -2.69. The summed E-state index contributed by atoms with van der Waals surface area (Å²) in [5, 5.41) is 8.56. The Bertz CT molecular complexity index is 1120. The molecule has 160 valence electrons. The fourth-order valence-corrected chi connectivity index (χ4v) is 4.17. The first-order valence-electron chi connectivity index (χ1n) is 10.0. The van der Waals surface area contributed by atoms with Crippen molar-refractivity contribution in [2.75, 3.05) is 7.11 Å². The molecule has 1 heterocycles. The van der Waals surface area contributed by atoms with Crippen molar-refractivity contribution in [3.05, 3.63) is 87.4 Å². The van der Waals surface area contributed by atoms with Crippen LogP contribution in [0.3, 0.4) is 0 Å². The summed E-state index contributed by atoms with van der Waals surface area (Å²) in [6.45, 7) is 6.55. The minimum absolute atomic E-state index is 0.0705. The smallest absolute Gasteiger partial charge is 0.228 e. The van der Waals surface area contributed by atoms with Crippen LogP contribution < -0.4 is 10.1 Å². The van der Waals surface area contributed by atoms with Gasteiger partial charge in [0.1, 0.15) is 5.75 Å². The van der Waals surface area contributed by atoms with E-state index in [1.165, 1.54) is 0 Å². The number of hydrogen-bond acceptors (Lipinski definition) is 4. The van der Waals surface area contributed by atoms with E-state index >= 15 is 0 Å². The molecule has 0 amide bonds. The molecule has 3 aromatic carbocycles. The van der Waals surface area contributed by atoms with Crippen LogP contribution in [0.25, 0.3) is 11.1 Å². The average Bonchev–Trinajstić information content (AvgIpc) is 3.22. The maximum atomic E-state index is 6.37. The second kappa shape index (κ2) is 8.45. The largest absolute Gasteiger partial charge is 0.496 e. The van der Waals surface area contributed by atoms with Gasteiger partial charge in [-0.25, -0.2) is 0 Å². The van der Waals surface area contributed by atoms with Gasteiger partial charge in [0.25, 0.3) is 0 Å². The van der Waals surface area contributed by atoms with Crippen molar-refractivity contribution in [3.63, 3.8) is 0 Å². The molecule has 1 unspecified atom stereocenters. The first-order chi connectivity index (χ1) is 14.8. The predicted octanol–water partition coefficient (Wildman–Crippen LogP) is 6.95. The van der Waals surface area contributed by atoms with Crippen LogP contribution in [-0.4, -0.2) is 12.9 Å². The SMILES string of the molecule is COc1c(-c2ccccc2)cc(C(C)(C)C)cc1C1NC(c2c(Cl)cccc2Cl)=NO1. The molecule has 1 N–H and O–H groups in total. The molecule has 0 fully saturated rings. The number of methoxy groups -OCH3 is 1. The molecule has 1 aliphatic heterocycles. The van der Waals surface area contributed by atoms with E-state index in [9.17, 15) is 0 Å². The zero-order valence-electron chi connectivity index (χ0n) is 17.9. The highest BCUT2D eigenvalue weighted by Crippen LogP contribution is 2.42. The van der Waals surface area contributed by atoms with Crippen LogP contribution in [0.5, 0.6) is 5.75 Å². The molecule has 1 atom stereocenters. The van der Waals surface area contributed by atoms with Crippen molar-refractivity contribution < 1.29 is 9.57 Å². The molecule has 0 saturated carbocycles. The molecule has 0 aromatic heterocycles. The summed E-state index contributed by atoms with van der Waals surface area (Å²) in [7, 11) is 1.67. The van der Waals surface area contributed by atoms with E-state index in [-0.39, 0.29) is 5.41 Å². The molecule has 0 saturated heterocycles. The average molecular weight is 455 g/mol. The van der Waals surface area contributed by atoms with E-state index in [2.05, 4.69) is 55.5 Å². The Morgan fingerprint density at radius 2 is 1.65 bits per heavy atom. The van der Waals surface area contributed by atoms with E-state index in [0.717, 1.165) is 28.0 Å². The van der Waals surface area contributed by atoms with E-state index in [4.69, 9.17) is 32.8 Å². The normalized spacial score (nSPS) is 15.8. The molecule has 3 aromatic rings. The Morgan fingerprint density at radius 3 is 2.26 bits per heavy atom. The lowest BCUT2D eigenvalue weighted by Crippen LogP contribution is -2.25. The lowest BCUT2D eigenvalue weighted by Gasteiger charge is -2.25. The second-order valence-corrected chi connectivity index (χ2v) is 9.24. The molecule has 6 heteroatoms. The third-order valence-corrected chi connectivity index (χ3v) is 5.90. The minimum atomic E-state index is -0.540. The van der Waals surface area contributed by atoms with Gasteiger partial charge < -0.3 is 14.9 Å². The van der Waals surface area contributed by atoms with Crippen molar-refractivity contribution in [1.29, 1.82) is 0 Å². The fraction of sp³-hybridized carbons (Fsp3) is 0.240. The topological polar surface area (TPSA) is 42.8 Å². The molecule has 4 nitrogen and oxygen atoms in total. The van der Waals surface area contributed by atoms with Gasteiger partial charge >= 0.3 is 0 Å². The number of hydrogen-bond donors (Lipinski definition) is 1. The summed E-state index contributed by atoms with van der Waals surface area (Å²) < 4.78 is 5.88. The Morgan fingerprint density at radius 1 is 0.968 bits per heavy atom. The quantitative estimate of drug-likeness (QED) is 0.463. The summed E-state index contributed by atoms with van der Waals surface area (Å²) in [6.07, 6.45) is -0.540. The minimum Gasteiger partial charge on any atom is -0.496 e. The third-order valence-electron chi connectivity index (χ3n) is 5.27. The number of amidine groups is 1. The lowest BCUT2D eigenvalue weighted by atomic mass is 9.83. The molecular formula is C25H24Cl2N2O2. The Labute approximate surface area is 192 Å². The van der Waals surface area contributed by atoms with E-state index < -0.39 is 6.23 Å². The summed E-state index contributed by atoms with van der Waals surface area (Å²) in [5.74, 6) is 1.23. The van der Waals surface area contributed by atoms with Crippen molar-refractivity contribution in [2.45, 2.75) is 32.4 Å². The molecule has 1 aliphatic rings. The van der Waals surface area contributed by atoms with Gasteiger partial charge in [0.05, 0.1) is 28.3 Å². The molecular weight excluding hydrogens is 431 g/mol. The number of oxime groups is 1. The van der Waals surface area contributed by atoms with E-state index in [1.54, 1.807) is 25.3 Å². The maximum Gasteiger partial charge on any atom is 0.228 e. The van der Waals surface area contributed by atoms with Crippen LogP contribution in [0.2, 0.25) is 10.0 Å². The molecule has 0 spiro atoms. The highest BCUT2D eigenvalue weighted by Gasteiger charge is 2.31. The van der Waals surface area contributed by atoms with Crippen LogP contribution in [0.1, 0.15) is 43.7 Å². The summed E-state index contributed by atoms with van der Waals surface area (Å²) in [4.78, 5) is 5.80. The van der Waals surface area contributed by atoms with Crippen molar-refractivity contribution in [1.82, 2.24) is 5.32 Å². The monoisotopic (exact) mass is 454 g/mol. The number of halogens is 2. The van der Waals surface area contributed by atoms with Crippen LogP contribution >= 0.6 is 23.2 Å². The summed E-state index contributed by atoms with van der Waals surface area (Å²) >= 11 is 12.7. The number of nitrogens with one attached hydrogen (secondary N) is 1. The Balaban J connectivity index is 1.80. The van der Waals surface area contributed by atoms with Gasteiger partial charge in [-0.3, -0.25) is 0 Å². The number of ether oxygens (including phenoxy) is 1. The van der Waals surface area contributed by atoms with E-state index in [0.29, 0.717) is 21.4 Å².